The average molecular weight is 263 g/mol. The minimum absolute atomic E-state index is 0.0599. The van der Waals surface area contributed by atoms with Crippen molar-refractivity contribution in [1.82, 2.24) is 0 Å². The van der Waals surface area contributed by atoms with Crippen LogP contribution >= 0.6 is 0 Å². The third-order valence-electron chi connectivity index (χ3n) is 2.85. The number of benzene rings is 1. The molecule has 0 aliphatic heterocycles. The van der Waals surface area contributed by atoms with Crippen LogP contribution in [0.1, 0.15) is 40.0 Å². The molecule has 1 rings (SSSR count). The number of hydrogen-bond donors (Lipinski definition) is 1. The van der Waals surface area contributed by atoms with Crippen LogP contribution in [0.3, 0.4) is 0 Å². The minimum atomic E-state index is -0.339. The van der Waals surface area contributed by atoms with Gasteiger partial charge in [-0.1, -0.05) is 24.6 Å². The Morgan fingerprint density at radius 3 is 2.79 bits per heavy atom. The maximum atomic E-state index is 13.0. The topological polar surface area (TPSA) is 29.1 Å². The fourth-order valence-electron chi connectivity index (χ4n) is 1.85. The molecule has 0 fully saturated rings. The summed E-state index contributed by atoms with van der Waals surface area (Å²) in [5.74, 6) is -0.0751. The molecule has 0 spiro atoms. The fourth-order valence-corrected chi connectivity index (χ4v) is 1.85. The minimum Gasteiger partial charge on any atom is -0.326 e. The molecule has 1 aromatic carbocycles. The van der Waals surface area contributed by atoms with Gasteiger partial charge < -0.3 is 5.32 Å². The molecule has 1 amide bonds. The van der Waals surface area contributed by atoms with Gasteiger partial charge in [-0.2, -0.15) is 0 Å². The van der Waals surface area contributed by atoms with Crippen LogP contribution in [0.2, 0.25) is 0 Å². The summed E-state index contributed by atoms with van der Waals surface area (Å²) in [7, 11) is 0. The number of rotatable bonds is 6. The fraction of sp³-hybridized carbons (Fsp3) is 0.438. The third-order valence-corrected chi connectivity index (χ3v) is 2.85. The molecule has 0 bridgehead atoms. The van der Waals surface area contributed by atoms with E-state index in [0.29, 0.717) is 18.0 Å². The molecule has 19 heavy (non-hydrogen) atoms. The molecule has 1 N–H and O–H groups in total. The van der Waals surface area contributed by atoms with Crippen LogP contribution in [0.5, 0.6) is 0 Å². The maximum Gasteiger partial charge on any atom is 0.224 e. The number of carbonyl (C=O) groups excluding carboxylic acids is 1. The zero-order chi connectivity index (χ0) is 14.3. The first-order valence-corrected chi connectivity index (χ1v) is 6.66. The Morgan fingerprint density at radius 1 is 1.42 bits per heavy atom. The summed E-state index contributed by atoms with van der Waals surface area (Å²) in [5.41, 5.74) is 1.82. The lowest BCUT2D eigenvalue weighted by molar-refractivity contribution is -0.117. The van der Waals surface area contributed by atoms with Crippen LogP contribution in [0.15, 0.2) is 35.9 Å². The molecule has 2 nitrogen and oxygen atoms in total. The van der Waals surface area contributed by atoms with Gasteiger partial charge >= 0.3 is 0 Å². The van der Waals surface area contributed by atoms with E-state index in [1.807, 2.05) is 0 Å². The molecule has 3 heteroatoms. The lowest BCUT2D eigenvalue weighted by Gasteiger charge is -2.10. The van der Waals surface area contributed by atoms with Crippen LogP contribution in [-0.2, 0) is 4.79 Å². The number of hydrogen-bond acceptors (Lipinski definition) is 1. The van der Waals surface area contributed by atoms with Crippen molar-refractivity contribution in [3.63, 3.8) is 0 Å². The quantitative estimate of drug-likeness (QED) is 0.750. The van der Waals surface area contributed by atoms with E-state index in [2.05, 4.69) is 32.2 Å². The number of amides is 1. The Bertz CT molecular complexity index is 450. The molecule has 1 aromatic rings. The summed E-state index contributed by atoms with van der Waals surface area (Å²) < 4.78 is 13.0. The van der Waals surface area contributed by atoms with Crippen LogP contribution in [-0.4, -0.2) is 5.91 Å². The molecule has 0 aliphatic rings. The molecule has 0 aliphatic carbocycles. The first-order valence-electron chi connectivity index (χ1n) is 6.66. The van der Waals surface area contributed by atoms with Crippen LogP contribution in [0.25, 0.3) is 0 Å². The molecule has 1 unspecified atom stereocenters. The van der Waals surface area contributed by atoms with Crippen molar-refractivity contribution in [2.24, 2.45) is 5.92 Å². The van der Waals surface area contributed by atoms with Crippen LogP contribution in [0, 0.1) is 11.7 Å². The zero-order valence-electron chi connectivity index (χ0n) is 11.9. The average Bonchev–Trinajstić information content (AvgIpc) is 2.27. The van der Waals surface area contributed by atoms with E-state index in [1.54, 1.807) is 12.1 Å². The number of nitrogens with one attached hydrogen (secondary N) is 1. The van der Waals surface area contributed by atoms with Crippen molar-refractivity contribution >= 4 is 11.6 Å². The molecule has 0 radical (unpaired) electrons. The van der Waals surface area contributed by atoms with Gasteiger partial charge in [0.05, 0.1) is 0 Å². The Labute approximate surface area is 114 Å². The highest BCUT2D eigenvalue weighted by Crippen LogP contribution is 2.14. The molecule has 0 saturated heterocycles. The molecular weight excluding hydrogens is 241 g/mol. The second kappa shape index (κ2) is 7.72. The monoisotopic (exact) mass is 263 g/mol. The number of allylic oxidation sites excluding steroid dienone is 2. The van der Waals surface area contributed by atoms with Crippen molar-refractivity contribution in [3.05, 3.63) is 41.7 Å². The second-order valence-corrected chi connectivity index (χ2v) is 5.23. The number of halogens is 1. The van der Waals surface area contributed by atoms with Crippen LogP contribution < -0.4 is 5.32 Å². The normalized spacial score (nSPS) is 11.8. The highest BCUT2D eigenvalue weighted by Gasteiger charge is 2.09. The predicted molar refractivity (Wildman–Crippen MR) is 77.5 cm³/mol. The van der Waals surface area contributed by atoms with E-state index >= 15 is 0 Å². The van der Waals surface area contributed by atoms with Gasteiger partial charge in [0, 0.05) is 12.1 Å². The third kappa shape index (κ3) is 6.75. The summed E-state index contributed by atoms with van der Waals surface area (Å²) in [6, 6.07) is 5.96. The Hall–Kier alpha value is -1.64. The molecule has 0 aromatic heterocycles. The van der Waals surface area contributed by atoms with E-state index < -0.39 is 0 Å². The van der Waals surface area contributed by atoms with Gasteiger partial charge in [0.2, 0.25) is 5.91 Å². The van der Waals surface area contributed by atoms with Gasteiger partial charge in [-0.05, 0) is 50.8 Å². The van der Waals surface area contributed by atoms with E-state index in [4.69, 9.17) is 0 Å². The van der Waals surface area contributed by atoms with Gasteiger partial charge in [-0.15, -0.1) is 0 Å². The first kappa shape index (κ1) is 15.4. The van der Waals surface area contributed by atoms with E-state index in [1.165, 1.54) is 17.7 Å². The Kier molecular flexibility index (Phi) is 6.26. The van der Waals surface area contributed by atoms with Crippen LogP contribution in [0.4, 0.5) is 10.1 Å². The van der Waals surface area contributed by atoms with Crippen molar-refractivity contribution in [1.29, 1.82) is 0 Å². The molecule has 1 atom stereocenters. The Morgan fingerprint density at radius 2 is 2.16 bits per heavy atom. The smallest absolute Gasteiger partial charge is 0.224 e. The van der Waals surface area contributed by atoms with Crippen molar-refractivity contribution in [2.75, 3.05) is 5.32 Å². The Balaban J connectivity index is 2.36. The van der Waals surface area contributed by atoms with Crippen molar-refractivity contribution in [3.8, 4) is 0 Å². The standard InChI is InChI=1S/C16H22FNO/c1-12(2)6-4-7-13(3)10-16(19)18-15-9-5-8-14(17)11-15/h5-6,8-9,11,13H,4,7,10H2,1-3H3,(H,18,19). The molecular formula is C16H22FNO. The van der Waals surface area contributed by atoms with E-state index in [0.717, 1.165) is 12.8 Å². The second-order valence-electron chi connectivity index (χ2n) is 5.23. The van der Waals surface area contributed by atoms with Gasteiger partial charge in [-0.25, -0.2) is 4.39 Å². The summed E-state index contributed by atoms with van der Waals surface area (Å²) in [6.07, 6.45) is 4.63. The van der Waals surface area contributed by atoms with Gasteiger partial charge in [-0.3, -0.25) is 4.79 Å². The summed E-state index contributed by atoms with van der Waals surface area (Å²) in [6.45, 7) is 6.20. The summed E-state index contributed by atoms with van der Waals surface area (Å²) in [4.78, 5) is 11.8. The zero-order valence-corrected chi connectivity index (χ0v) is 11.9. The van der Waals surface area contributed by atoms with E-state index in [9.17, 15) is 9.18 Å². The van der Waals surface area contributed by atoms with E-state index in [-0.39, 0.29) is 11.7 Å². The molecule has 0 heterocycles. The predicted octanol–water partition coefficient (Wildman–Crippen LogP) is 4.54. The van der Waals surface area contributed by atoms with Gasteiger partial charge in [0.25, 0.3) is 0 Å². The highest BCUT2D eigenvalue weighted by molar-refractivity contribution is 5.90. The van der Waals surface area contributed by atoms with Gasteiger partial charge in [0.1, 0.15) is 5.82 Å². The number of anilines is 1. The lowest BCUT2D eigenvalue weighted by Crippen LogP contribution is -2.15. The molecule has 0 saturated carbocycles. The van der Waals surface area contributed by atoms with Gasteiger partial charge in [0.15, 0.2) is 0 Å². The maximum absolute atomic E-state index is 13.0. The van der Waals surface area contributed by atoms with Crippen molar-refractivity contribution in [2.45, 2.75) is 40.0 Å². The largest absolute Gasteiger partial charge is 0.326 e. The molecule has 104 valence electrons. The SMILES string of the molecule is CC(C)=CCCC(C)CC(=O)Nc1cccc(F)c1. The number of carbonyl (C=O) groups is 1. The summed E-state index contributed by atoms with van der Waals surface area (Å²) in [5, 5.41) is 2.72. The van der Waals surface area contributed by atoms with Crippen molar-refractivity contribution < 1.29 is 9.18 Å². The first-order chi connectivity index (χ1) is 8.97. The highest BCUT2D eigenvalue weighted by atomic mass is 19.1. The lowest BCUT2D eigenvalue weighted by atomic mass is 10.0. The summed E-state index contributed by atoms with van der Waals surface area (Å²) >= 11 is 0.